The first-order chi connectivity index (χ1) is 10.8. The van der Waals surface area contributed by atoms with Crippen LogP contribution in [0.1, 0.15) is 29.3 Å². The van der Waals surface area contributed by atoms with E-state index in [1.165, 1.54) is 4.90 Å². The maximum Gasteiger partial charge on any atom is 0.338 e. The average Bonchev–Trinajstić information content (AvgIpc) is 2.85. The standard InChI is InChI=1S/C16H21NO5S/c1-3-17(14-7-8-23(20,21)11-14)15(18)10-22-16(19)13-6-4-5-12(2)9-13/h4-6,9,14H,3,7-8,10-11H2,1-2H3. The van der Waals surface area contributed by atoms with Crippen LogP contribution in [0.25, 0.3) is 0 Å². The minimum Gasteiger partial charge on any atom is -0.452 e. The quantitative estimate of drug-likeness (QED) is 0.753. The summed E-state index contributed by atoms with van der Waals surface area (Å²) in [6.45, 7) is 3.66. The van der Waals surface area contributed by atoms with Crippen molar-refractivity contribution in [2.75, 3.05) is 24.7 Å². The van der Waals surface area contributed by atoms with Crippen LogP contribution in [0.5, 0.6) is 0 Å². The second kappa shape index (κ2) is 7.12. The van der Waals surface area contributed by atoms with Gasteiger partial charge in [-0.25, -0.2) is 13.2 Å². The molecule has 1 aromatic carbocycles. The molecule has 0 radical (unpaired) electrons. The summed E-state index contributed by atoms with van der Waals surface area (Å²) in [5.74, 6) is -0.837. The van der Waals surface area contributed by atoms with Crippen LogP contribution in [0.3, 0.4) is 0 Å². The number of sulfone groups is 1. The van der Waals surface area contributed by atoms with Crippen molar-refractivity contribution in [3.63, 3.8) is 0 Å². The van der Waals surface area contributed by atoms with Gasteiger partial charge in [0, 0.05) is 12.6 Å². The van der Waals surface area contributed by atoms with E-state index in [-0.39, 0.29) is 30.1 Å². The topological polar surface area (TPSA) is 80.8 Å². The van der Waals surface area contributed by atoms with Gasteiger partial charge >= 0.3 is 5.97 Å². The van der Waals surface area contributed by atoms with Crippen LogP contribution >= 0.6 is 0 Å². The van der Waals surface area contributed by atoms with E-state index in [1.807, 2.05) is 13.0 Å². The van der Waals surface area contributed by atoms with Crippen LogP contribution in [-0.4, -0.2) is 55.9 Å². The predicted octanol–water partition coefficient (Wildman–Crippen LogP) is 1.19. The van der Waals surface area contributed by atoms with Crippen molar-refractivity contribution >= 4 is 21.7 Å². The average molecular weight is 339 g/mol. The van der Waals surface area contributed by atoms with Gasteiger partial charge in [0.25, 0.3) is 5.91 Å². The number of aryl methyl sites for hydroxylation is 1. The lowest BCUT2D eigenvalue weighted by molar-refractivity contribution is -0.136. The van der Waals surface area contributed by atoms with Crippen molar-refractivity contribution in [1.82, 2.24) is 4.90 Å². The van der Waals surface area contributed by atoms with Gasteiger partial charge in [0.2, 0.25) is 0 Å². The van der Waals surface area contributed by atoms with Gasteiger partial charge in [-0.1, -0.05) is 17.7 Å². The fraction of sp³-hybridized carbons (Fsp3) is 0.500. The zero-order valence-electron chi connectivity index (χ0n) is 13.3. The first kappa shape index (κ1) is 17.5. The third kappa shape index (κ3) is 4.54. The highest BCUT2D eigenvalue weighted by Crippen LogP contribution is 2.18. The molecule has 1 unspecified atom stereocenters. The summed E-state index contributed by atoms with van der Waals surface area (Å²) in [5, 5.41) is 0. The molecule has 7 heteroatoms. The number of esters is 1. The Hall–Kier alpha value is -1.89. The van der Waals surface area contributed by atoms with Crippen molar-refractivity contribution < 1.29 is 22.7 Å². The van der Waals surface area contributed by atoms with Crippen LogP contribution in [-0.2, 0) is 19.4 Å². The highest BCUT2D eigenvalue weighted by atomic mass is 32.2. The summed E-state index contributed by atoms with van der Waals surface area (Å²) < 4.78 is 28.1. The zero-order valence-corrected chi connectivity index (χ0v) is 14.1. The Morgan fingerprint density at radius 3 is 2.65 bits per heavy atom. The molecule has 6 nitrogen and oxygen atoms in total. The highest BCUT2D eigenvalue weighted by molar-refractivity contribution is 7.91. The molecule has 0 saturated carbocycles. The number of amides is 1. The van der Waals surface area contributed by atoms with Gasteiger partial charge in [0.05, 0.1) is 17.1 Å². The molecule has 1 aliphatic heterocycles. The van der Waals surface area contributed by atoms with Crippen molar-refractivity contribution in [2.45, 2.75) is 26.3 Å². The lowest BCUT2D eigenvalue weighted by atomic mass is 10.1. The molecular formula is C16H21NO5S. The molecule has 0 bridgehead atoms. The molecule has 1 fully saturated rings. The van der Waals surface area contributed by atoms with Gasteiger partial charge in [-0.15, -0.1) is 0 Å². The van der Waals surface area contributed by atoms with Crippen LogP contribution in [0.15, 0.2) is 24.3 Å². The monoisotopic (exact) mass is 339 g/mol. The molecule has 1 aliphatic rings. The summed E-state index contributed by atoms with van der Waals surface area (Å²) in [6.07, 6.45) is 0.438. The molecule has 1 aromatic rings. The van der Waals surface area contributed by atoms with Crippen LogP contribution < -0.4 is 0 Å². The third-order valence-corrected chi connectivity index (χ3v) is 5.64. The molecule has 0 N–H and O–H groups in total. The van der Waals surface area contributed by atoms with Gasteiger partial charge in [-0.2, -0.15) is 0 Å². The Morgan fingerprint density at radius 2 is 2.09 bits per heavy atom. The van der Waals surface area contributed by atoms with Crippen LogP contribution in [0.2, 0.25) is 0 Å². The van der Waals surface area contributed by atoms with Crippen molar-refractivity contribution in [3.05, 3.63) is 35.4 Å². The molecule has 2 rings (SSSR count). The smallest absolute Gasteiger partial charge is 0.338 e. The predicted molar refractivity (Wildman–Crippen MR) is 85.9 cm³/mol. The number of nitrogens with zero attached hydrogens (tertiary/aromatic N) is 1. The number of carbonyl (C=O) groups is 2. The van der Waals surface area contributed by atoms with E-state index in [0.717, 1.165) is 5.56 Å². The Balaban J connectivity index is 1.94. The second-order valence-corrected chi connectivity index (χ2v) is 7.91. The molecule has 126 valence electrons. The third-order valence-electron chi connectivity index (χ3n) is 3.89. The minimum absolute atomic E-state index is 0.0155. The number of benzene rings is 1. The van der Waals surface area contributed by atoms with Crippen molar-refractivity contribution in [2.24, 2.45) is 0 Å². The van der Waals surface area contributed by atoms with Gasteiger partial charge in [0.15, 0.2) is 16.4 Å². The number of likely N-dealkylation sites (N-methyl/N-ethyl adjacent to an activating group) is 1. The van der Waals surface area contributed by atoms with Gasteiger partial charge in [-0.05, 0) is 32.4 Å². The van der Waals surface area contributed by atoms with Crippen molar-refractivity contribution in [3.8, 4) is 0 Å². The fourth-order valence-corrected chi connectivity index (χ4v) is 4.46. The van der Waals surface area contributed by atoms with Gasteiger partial charge in [-0.3, -0.25) is 4.79 Å². The molecule has 1 heterocycles. The maximum atomic E-state index is 12.2. The summed E-state index contributed by atoms with van der Waals surface area (Å²) in [4.78, 5) is 25.7. The van der Waals surface area contributed by atoms with E-state index in [9.17, 15) is 18.0 Å². The number of hydrogen-bond acceptors (Lipinski definition) is 5. The lowest BCUT2D eigenvalue weighted by Gasteiger charge is -2.26. The van der Waals surface area contributed by atoms with Crippen molar-refractivity contribution in [1.29, 1.82) is 0 Å². The number of carbonyl (C=O) groups excluding carboxylic acids is 2. The first-order valence-electron chi connectivity index (χ1n) is 7.56. The fourth-order valence-electron chi connectivity index (χ4n) is 2.72. The van der Waals surface area contributed by atoms with E-state index < -0.39 is 15.8 Å². The zero-order chi connectivity index (χ0) is 17.0. The molecule has 0 spiro atoms. The minimum atomic E-state index is -3.06. The van der Waals surface area contributed by atoms with E-state index in [0.29, 0.717) is 18.5 Å². The molecular weight excluding hydrogens is 318 g/mol. The molecule has 1 amide bonds. The van der Waals surface area contributed by atoms with E-state index in [2.05, 4.69) is 0 Å². The van der Waals surface area contributed by atoms with Gasteiger partial charge < -0.3 is 9.64 Å². The normalized spacial score (nSPS) is 19.3. The Kier molecular flexibility index (Phi) is 5.41. The summed E-state index contributed by atoms with van der Waals surface area (Å²) >= 11 is 0. The molecule has 1 saturated heterocycles. The SMILES string of the molecule is CCN(C(=O)COC(=O)c1cccc(C)c1)C1CCS(=O)(=O)C1. The van der Waals surface area contributed by atoms with E-state index in [4.69, 9.17) is 4.74 Å². The second-order valence-electron chi connectivity index (χ2n) is 5.68. The first-order valence-corrected chi connectivity index (χ1v) is 9.38. The van der Waals surface area contributed by atoms with Crippen LogP contribution in [0.4, 0.5) is 0 Å². The van der Waals surface area contributed by atoms with E-state index in [1.54, 1.807) is 25.1 Å². The Morgan fingerprint density at radius 1 is 1.35 bits per heavy atom. The molecule has 23 heavy (non-hydrogen) atoms. The largest absolute Gasteiger partial charge is 0.452 e. The summed E-state index contributed by atoms with van der Waals surface area (Å²) in [7, 11) is -3.06. The Bertz CT molecular complexity index is 698. The van der Waals surface area contributed by atoms with E-state index >= 15 is 0 Å². The molecule has 1 atom stereocenters. The Labute approximate surface area is 136 Å². The maximum absolute atomic E-state index is 12.2. The molecule has 0 aromatic heterocycles. The van der Waals surface area contributed by atoms with Crippen LogP contribution in [0, 0.1) is 6.92 Å². The highest BCUT2D eigenvalue weighted by Gasteiger charge is 2.34. The lowest BCUT2D eigenvalue weighted by Crippen LogP contribution is -2.43. The number of ether oxygens (including phenoxy) is 1. The van der Waals surface area contributed by atoms with Gasteiger partial charge in [0.1, 0.15) is 0 Å². The summed E-state index contributed by atoms with van der Waals surface area (Å²) in [6, 6.07) is 6.60. The number of rotatable bonds is 5. The molecule has 0 aliphatic carbocycles. The number of hydrogen-bond donors (Lipinski definition) is 0. The summed E-state index contributed by atoms with van der Waals surface area (Å²) in [5.41, 5.74) is 1.32.